The fraction of sp³-hybridized carbons (Fsp3) is 0.333. The molecule has 0 aliphatic carbocycles. The first-order chi connectivity index (χ1) is 3.56. The summed E-state index contributed by atoms with van der Waals surface area (Å²) in [7, 11) is -4.26. The molecule has 0 saturated heterocycles. The van der Waals surface area contributed by atoms with Gasteiger partial charge in [0.1, 0.15) is 0 Å². The van der Waals surface area contributed by atoms with Crippen molar-refractivity contribution in [2.24, 2.45) is 0 Å². The van der Waals surface area contributed by atoms with Crippen molar-refractivity contribution in [3.05, 3.63) is 12.7 Å². The molecule has 0 heterocycles. The maximum absolute atomic E-state index is 9.68. The van der Waals surface area contributed by atoms with E-state index in [-0.39, 0.29) is 23.7 Å². The summed E-state index contributed by atoms with van der Waals surface area (Å²) < 4.78 is 31.0. The zero-order valence-corrected chi connectivity index (χ0v) is 6.13. The second-order valence-electron chi connectivity index (χ2n) is 1.00. The Bertz CT molecular complexity index is 161. The van der Waals surface area contributed by atoms with Crippen LogP contribution >= 0.6 is 0 Å². The van der Waals surface area contributed by atoms with Gasteiger partial charge in [-0.2, -0.15) is 8.42 Å². The van der Waals surface area contributed by atoms with Crippen molar-refractivity contribution in [3.63, 3.8) is 0 Å². The van der Waals surface area contributed by atoms with E-state index in [1.54, 1.807) is 0 Å². The quantitative estimate of drug-likeness (QED) is 0.396. The summed E-state index contributed by atoms with van der Waals surface area (Å²) in [6, 6.07) is 0. The summed E-state index contributed by atoms with van der Waals surface area (Å²) in [5.41, 5.74) is 0. The molecule has 59 valence electrons. The molecule has 0 rings (SSSR count). The van der Waals surface area contributed by atoms with Crippen molar-refractivity contribution >= 4 is 10.4 Å². The van der Waals surface area contributed by atoms with Crippen molar-refractivity contribution in [2.75, 3.05) is 6.61 Å². The molecule has 0 aliphatic heterocycles. The normalized spacial score (nSPS) is 9.89. The second kappa shape index (κ2) is 4.96. The van der Waals surface area contributed by atoms with Gasteiger partial charge < -0.3 is 0 Å². The molecule has 0 atom stereocenters. The van der Waals surface area contributed by atoms with Crippen LogP contribution in [0.5, 0.6) is 0 Å². The fourth-order valence-corrected chi connectivity index (χ4v) is 0.402. The van der Waals surface area contributed by atoms with E-state index >= 15 is 0 Å². The van der Waals surface area contributed by atoms with Gasteiger partial charge in [-0.1, -0.05) is 6.08 Å². The minimum atomic E-state index is -4.26. The van der Waals surface area contributed by atoms with Crippen LogP contribution in [0.25, 0.3) is 0 Å². The van der Waals surface area contributed by atoms with E-state index < -0.39 is 10.4 Å². The number of hydrogen-bond donors (Lipinski definition) is 1. The summed E-state index contributed by atoms with van der Waals surface area (Å²) in [4.78, 5) is 0. The number of rotatable bonds is 3. The average Bonchev–Trinajstić information content (AvgIpc) is 1.59. The van der Waals surface area contributed by atoms with Crippen LogP contribution < -0.4 is 0 Å². The van der Waals surface area contributed by atoms with Crippen molar-refractivity contribution in [1.82, 2.24) is 0 Å². The molecule has 0 aromatic rings. The molecule has 0 fully saturated rings. The summed E-state index contributed by atoms with van der Waals surface area (Å²) in [6.07, 6.45) is 1.22. The topological polar surface area (TPSA) is 63.6 Å². The molecule has 0 bridgehead atoms. The molecule has 0 aliphatic rings. The Hall–Kier alpha value is 0.129. The van der Waals surface area contributed by atoms with E-state index in [4.69, 9.17) is 4.55 Å². The van der Waals surface area contributed by atoms with Gasteiger partial charge in [0.05, 0.1) is 6.61 Å². The van der Waals surface area contributed by atoms with Crippen molar-refractivity contribution in [1.29, 1.82) is 0 Å². The third-order valence-electron chi connectivity index (χ3n) is 0.335. The Morgan fingerprint density at radius 3 is 2.22 bits per heavy atom. The van der Waals surface area contributed by atoms with Gasteiger partial charge in [-0.25, -0.2) is 4.18 Å². The molecule has 0 aromatic heterocycles. The zero-order chi connectivity index (χ0) is 6.62. The van der Waals surface area contributed by atoms with E-state index in [0.717, 1.165) is 0 Å². The Morgan fingerprint density at radius 2 is 2.11 bits per heavy atom. The Morgan fingerprint density at radius 1 is 1.67 bits per heavy atom. The standard InChI is InChI=1S/C3H6O4S.Cu/c1-2-3-7-8(4,5)6;/h2H,1,3H2,(H,4,5,6);. The van der Waals surface area contributed by atoms with Crippen LogP contribution in [-0.4, -0.2) is 19.6 Å². The van der Waals surface area contributed by atoms with Crippen LogP contribution in [0.2, 0.25) is 0 Å². The van der Waals surface area contributed by atoms with Gasteiger partial charge in [0.25, 0.3) is 0 Å². The first kappa shape index (κ1) is 11.9. The van der Waals surface area contributed by atoms with Gasteiger partial charge in [-0.3, -0.25) is 4.55 Å². The molecule has 0 aromatic carbocycles. The predicted octanol–water partition coefficient (Wildman–Crippen LogP) is -0.0107. The molecule has 4 nitrogen and oxygen atoms in total. The van der Waals surface area contributed by atoms with Gasteiger partial charge in [0.15, 0.2) is 0 Å². The summed E-state index contributed by atoms with van der Waals surface area (Å²) >= 11 is 0. The molecular weight excluding hydrogens is 196 g/mol. The molecule has 0 amide bonds. The first-order valence-electron chi connectivity index (χ1n) is 1.79. The zero-order valence-electron chi connectivity index (χ0n) is 4.37. The Balaban J connectivity index is 0. The van der Waals surface area contributed by atoms with Crippen LogP contribution in [0.4, 0.5) is 0 Å². The first-order valence-corrected chi connectivity index (χ1v) is 3.15. The second-order valence-corrected chi connectivity index (χ2v) is 2.09. The maximum Gasteiger partial charge on any atom is 0.397 e. The monoisotopic (exact) mass is 201 g/mol. The van der Waals surface area contributed by atoms with Crippen LogP contribution in [-0.2, 0) is 31.7 Å². The van der Waals surface area contributed by atoms with Crippen molar-refractivity contribution in [3.8, 4) is 0 Å². The van der Waals surface area contributed by atoms with E-state index in [1.165, 1.54) is 6.08 Å². The molecule has 1 N–H and O–H groups in total. The van der Waals surface area contributed by atoms with Gasteiger partial charge >= 0.3 is 10.4 Å². The maximum atomic E-state index is 9.68. The minimum Gasteiger partial charge on any atom is -0.264 e. The molecule has 0 saturated carbocycles. The van der Waals surface area contributed by atoms with Gasteiger partial charge in [-0.05, 0) is 0 Å². The predicted molar refractivity (Wildman–Crippen MR) is 27.7 cm³/mol. The third-order valence-corrected chi connectivity index (χ3v) is 0.769. The smallest absolute Gasteiger partial charge is 0.264 e. The largest absolute Gasteiger partial charge is 0.397 e. The Kier molecular flexibility index (Phi) is 6.54. The summed E-state index contributed by atoms with van der Waals surface area (Å²) in [6.45, 7) is 2.97. The van der Waals surface area contributed by atoms with Gasteiger partial charge in [0, 0.05) is 17.1 Å². The number of hydrogen-bond acceptors (Lipinski definition) is 3. The van der Waals surface area contributed by atoms with E-state index in [9.17, 15) is 8.42 Å². The van der Waals surface area contributed by atoms with Gasteiger partial charge in [-0.15, -0.1) is 6.58 Å². The van der Waals surface area contributed by atoms with E-state index in [2.05, 4.69) is 10.8 Å². The van der Waals surface area contributed by atoms with E-state index in [1.807, 2.05) is 0 Å². The Labute approximate surface area is 64.3 Å². The molecule has 0 spiro atoms. The van der Waals surface area contributed by atoms with Crippen LogP contribution in [0.1, 0.15) is 0 Å². The summed E-state index contributed by atoms with van der Waals surface area (Å²) in [5, 5.41) is 0. The molecule has 6 heteroatoms. The molecule has 0 unspecified atom stereocenters. The fourth-order valence-electron chi connectivity index (χ4n) is 0.134. The van der Waals surface area contributed by atoms with E-state index in [0.29, 0.717) is 0 Å². The molecular formula is C3H6CuO4S. The van der Waals surface area contributed by atoms with Crippen LogP contribution in [0.3, 0.4) is 0 Å². The third kappa shape index (κ3) is 11.6. The SMILES string of the molecule is C=CCOS(=O)(=O)O.[Cu]. The minimum absolute atomic E-state index is 0. The molecule has 1 radical (unpaired) electrons. The van der Waals surface area contributed by atoms with Crippen LogP contribution in [0.15, 0.2) is 12.7 Å². The van der Waals surface area contributed by atoms with Gasteiger partial charge in [0.2, 0.25) is 0 Å². The van der Waals surface area contributed by atoms with Crippen molar-refractivity contribution in [2.45, 2.75) is 0 Å². The summed E-state index contributed by atoms with van der Waals surface area (Å²) in [5.74, 6) is 0. The molecule has 9 heavy (non-hydrogen) atoms. The van der Waals surface area contributed by atoms with Crippen LogP contribution in [0, 0.1) is 0 Å². The average molecular weight is 202 g/mol. The van der Waals surface area contributed by atoms with Crippen molar-refractivity contribution < 1.29 is 34.2 Å².